The van der Waals surface area contributed by atoms with Crippen molar-refractivity contribution in [3.05, 3.63) is 45.7 Å². The maximum absolute atomic E-state index is 12.5. The van der Waals surface area contributed by atoms with Gasteiger partial charge in [0.15, 0.2) is 5.43 Å². The third-order valence-electron chi connectivity index (χ3n) is 3.23. The molecule has 1 aromatic carbocycles. The van der Waals surface area contributed by atoms with Gasteiger partial charge >= 0.3 is 0 Å². The molecule has 3 aromatic rings. The van der Waals surface area contributed by atoms with Crippen LogP contribution in [0.3, 0.4) is 0 Å². The van der Waals surface area contributed by atoms with Gasteiger partial charge in [-0.2, -0.15) is 0 Å². The lowest BCUT2D eigenvalue weighted by molar-refractivity contribution is 0.401. The van der Waals surface area contributed by atoms with Crippen LogP contribution in [0.2, 0.25) is 5.02 Å². The number of hydrogen-bond acceptors (Lipinski definition) is 3. The number of benzene rings is 1. The fraction of sp³-hybridized carbons (Fsp3) is 0.143. The van der Waals surface area contributed by atoms with Crippen LogP contribution in [0.5, 0.6) is 5.88 Å². The van der Waals surface area contributed by atoms with E-state index in [2.05, 4.69) is 4.98 Å². The maximum atomic E-state index is 12.5. The summed E-state index contributed by atoms with van der Waals surface area (Å²) in [5.74, 6) is 0.439. The second-order valence-electron chi connectivity index (χ2n) is 4.27. The molecule has 0 amide bonds. The standard InChI is InChI=1S/C14H11ClN2O2/c1-17-11-4-3-8(15)7-10(11)13(18)9-5-6-16-14(19-2)12(9)17/h3-7H,1-2H3. The molecule has 96 valence electrons. The molecule has 0 saturated heterocycles. The highest BCUT2D eigenvalue weighted by Crippen LogP contribution is 2.25. The molecule has 0 atom stereocenters. The van der Waals surface area contributed by atoms with Crippen molar-refractivity contribution in [1.82, 2.24) is 9.55 Å². The highest BCUT2D eigenvalue weighted by molar-refractivity contribution is 6.31. The normalized spacial score (nSPS) is 11.1. The molecule has 5 heteroatoms. The lowest BCUT2D eigenvalue weighted by Crippen LogP contribution is -2.10. The molecule has 19 heavy (non-hydrogen) atoms. The van der Waals surface area contributed by atoms with Gasteiger partial charge in [0, 0.05) is 23.7 Å². The number of aromatic nitrogens is 2. The molecule has 0 bridgehead atoms. The number of rotatable bonds is 1. The largest absolute Gasteiger partial charge is 0.479 e. The summed E-state index contributed by atoms with van der Waals surface area (Å²) in [5, 5.41) is 1.71. The minimum Gasteiger partial charge on any atom is -0.479 e. The monoisotopic (exact) mass is 274 g/mol. The molecular formula is C14H11ClN2O2. The highest BCUT2D eigenvalue weighted by atomic mass is 35.5. The van der Waals surface area contributed by atoms with Crippen molar-refractivity contribution in [3.63, 3.8) is 0 Å². The number of pyridine rings is 2. The van der Waals surface area contributed by atoms with E-state index in [9.17, 15) is 4.79 Å². The van der Waals surface area contributed by atoms with Gasteiger partial charge in [0.1, 0.15) is 5.52 Å². The second kappa shape index (κ2) is 4.24. The average molecular weight is 275 g/mol. The quantitative estimate of drug-likeness (QED) is 0.641. The number of ether oxygens (including phenoxy) is 1. The first-order valence-electron chi connectivity index (χ1n) is 5.74. The van der Waals surface area contributed by atoms with Crippen molar-refractivity contribution in [3.8, 4) is 5.88 Å². The van der Waals surface area contributed by atoms with E-state index < -0.39 is 0 Å². The van der Waals surface area contributed by atoms with Crippen LogP contribution in [0.1, 0.15) is 0 Å². The van der Waals surface area contributed by atoms with E-state index in [1.54, 1.807) is 24.4 Å². The van der Waals surface area contributed by atoms with Gasteiger partial charge in [-0.15, -0.1) is 0 Å². The van der Waals surface area contributed by atoms with Crippen LogP contribution in [0.4, 0.5) is 0 Å². The molecule has 0 saturated carbocycles. The fourth-order valence-corrected chi connectivity index (χ4v) is 2.51. The number of methoxy groups -OCH3 is 1. The summed E-state index contributed by atoms with van der Waals surface area (Å²) in [6.07, 6.45) is 1.57. The Bertz CT molecular complexity index is 855. The second-order valence-corrected chi connectivity index (χ2v) is 4.70. The Balaban J connectivity index is 2.65. The lowest BCUT2D eigenvalue weighted by atomic mass is 10.1. The molecule has 0 N–H and O–H groups in total. The molecule has 0 unspecified atom stereocenters. The molecule has 4 nitrogen and oxygen atoms in total. The Morgan fingerprint density at radius 2 is 2.05 bits per heavy atom. The van der Waals surface area contributed by atoms with Crippen LogP contribution in [0.25, 0.3) is 21.8 Å². The zero-order valence-corrected chi connectivity index (χ0v) is 11.2. The summed E-state index contributed by atoms with van der Waals surface area (Å²) in [4.78, 5) is 16.6. The van der Waals surface area contributed by atoms with Crippen LogP contribution in [-0.2, 0) is 7.05 Å². The lowest BCUT2D eigenvalue weighted by Gasteiger charge is -2.12. The zero-order chi connectivity index (χ0) is 13.6. The van der Waals surface area contributed by atoms with E-state index >= 15 is 0 Å². The number of nitrogens with zero attached hydrogens (tertiary/aromatic N) is 2. The van der Waals surface area contributed by atoms with Gasteiger partial charge in [-0.1, -0.05) is 11.6 Å². The molecule has 0 radical (unpaired) electrons. The van der Waals surface area contributed by atoms with E-state index in [0.717, 1.165) is 5.52 Å². The van der Waals surface area contributed by atoms with Crippen molar-refractivity contribution in [2.24, 2.45) is 7.05 Å². The average Bonchev–Trinajstić information content (AvgIpc) is 2.43. The Labute approximate surface area is 114 Å². The molecule has 0 fully saturated rings. The smallest absolute Gasteiger partial charge is 0.238 e. The Kier molecular flexibility index (Phi) is 2.68. The maximum Gasteiger partial charge on any atom is 0.238 e. The summed E-state index contributed by atoms with van der Waals surface area (Å²) in [7, 11) is 3.42. The van der Waals surface area contributed by atoms with Gasteiger partial charge in [-0.25, -0.2) is 4.98 Å². The molecule has 0 aliphatic carbocycles. The van der Waals surface area contributed by atoms with Gasteiger partial charge in [0.25, 0.3) is 0 Å². The van der Waals surface area contributed by atoms with Crippen LogP contribution >= 0.6 is 11.6 Å². The van der Waals surface area contributed by atoms with Gasteiger partial charge in [-0.05, 0) is 24.3 Å². The Morgan fingerprint density at radius 3 is 2.79 bits per heavy atom. The van der Waals surface area contributed by atoms with Crippen LogP contribution < -0.4 is 10.2 Å². The summed E-state index contributed by atoms with van der Waals surface area (Å²) in [6, 6.07) is 6.97. The van der Waals surface area contributed by atoms with Gasteiger partial charge < -0.3 is 9.30 Å². The van der Waals surface area contributed by atoms with E-state index in [4.69, 9.17) is 16.3 Å². The van der Waals surface area contributed by atoms with E-state index in [0.29, 0.717) is 27.2 Å². The van der Waals surface area contributed by atoms with Gasteiger partial charge in [0.2, 0.25) is 5.88 Å². The van der Waals surface area contributed by atoms with Crippen molar-refractivity contribution in [2.45, 2.75) is 0 Å². The summed E-state index contributed by atoms with van der Waals surface area (Å²) in [5.41, 5.74) is 1.42. The molecular weight excluding hydrogens is 264 g/mol. The topological polar surface area (TPSA) is 44.1 Å². The predicted octanol–water partition coefficient (Wildman–Crippen LogP) is 2.75. The van der Waals surface area contributed by atoms with E-state index in [-0.39, 0.29) is 5.43 Å². The minimum absolute atomic E-state index is 0.0636. The molecule has 2 aromatic heterocycles. The van der Waals surface area contributed by atoms with E-state index in [1.807, 2.05) is 17.7 Å². The van der Waals surface area contributed by atoms with Crippen LogP contribution in [-0.4, -0.2) is 16.7 Å². The number of aryl methyl sites for hydroxylation is 1. The predicted molar refractivity (Wildman–Crippen MR) is 76.1 cm³/mol. The fourth-order valence-electron chi connectivity index (χ4n) is 2.34. The first kappa shape index (κ1) is 12.0. The summed E-state index contributed by atoms with van der Waals surface area (Å²) < 4.78 is 7.14. The van der Waals surface area contributed by atoms with Crippen LogP contribution in [0, 0.1) is 0 Å². The Morgan fingerprint density at radius 1 is 1.26 bits per heavy atom. The molecule has 0 aliphatic rings. The van der Waals surface area contributed by atoms with Crippen molar-refractivity contribution in [2.75, 3.05) is 7.11 Å². The molecule has 0 aliphatic heterocycles. The number of hydrogen-bond donors (Lipinski definition) is 0. The van der Waals surface area contributed by atoms with E-state index in [1.165, 1.54) is 7.11 Å². The number of fused-ring (bicyclic) bond motifs is 2. The minimum atomic E-state index is -0.0636. The SMILES string of the molecule is COc1nccc2c(=O)c3cc(Cl)ccc3n(C)c12. The molecule has 3 rings (SSSR count). The zero-order valence-electron chi connectivity index (χ0n) is 10.5. The number of halogens is 1. The Hall–Kier alpha value is -2.07. The first-order valence-corrected chi connectivity index (χ1v) is 6.12. The first-order chi connectivity index (χ1) is 9.13. The third-order valence-corrected chi connectivity index (χ3v) is 3.46. The highest BCUT2D eigenvalue weighted by Gasteiger charge is 2.13. The van der Waals surface area contributed by atoms with Crippen molar-refractivity contribution in [1.29, 1.82) is 0 Å². The summed E-state index contributed by atoms with van der Waals surface area (Å²) >= 11 is 5.97. The molecule has 2 heterocycles. The van der Waals surface area contributed by atoms with Gasteiger partial charge in [-0.3, -0.25) is 4.79 Å². The van der Waals surface area contributed by atoms with Crippen molar-refractivity contribution < 1.29 is 4.74 Å². The van der Waals surface area contributed by atoms with Crippen molar-refractivity contribution >= 4 is 33.4 Å². The summed E-state index contributed by atoms with van der Waals surface area (Å²) in [6.45, 7) is 0. The molecule has 0 spiro atoms. The third kappa shape index (κ3) is 1.68. The van der Waals surface area contributed by atoms with Crippen LogP contribution in [0.15, 0.2) is 35.3 Å². The van der Waals surface area contributed by atoms with Gasteiger partial charge in [0.05, 0.1) is 18.0 Å².